The normalized spacial score (nSPS) is 14.5. The summed E-state index contributed by atoms with van der Waals surface area (Å²) in [5.41, 5.74) is 3.73. The van der Waals surface area contributed by atoms with Gasteiger partial charge in [-0.1, -0.05) is 30.3 Å². The van der Waals surface area contributed by atoms with Gasteiger partial charge in [0.1, 0.15) is 0 Å². The van der Waals surface area contributed by atoms with E-state index in [1.54, 1.807) is 37.3 Å². The third-order valence-corrected chi connectivity index (χ3v) is 6.02. The Morgan fingerprint density at radius 1 is 1.16 bits per heavy atom. The second-order valence-electron chi connectivity index (χ2n) is 8.60. The fourth-order valence-electron chi connectivity index (χ4n) is 4.33. The van der Waals surface area contributed by atoms with Crippen molar-refractivity contribution in [3.05, 3.63) is 81.0 Å². The van der Waals surface area contributed by atoms with E-state index < -0.39 is 28.9 Å². The van der Waals surface area contributed by atoms with Gasteiger partial charge in [0, 0.05) is 24.1 Å². The van der Waals surface area contributed by atoms with Gasteiger partial charge in [-0.2, -0.15) is 0 Å². The molecule has 0 saturated heterocycles. The number of carbonyl (C=O) groups is 3. The summed E-state index contributed by atoms with van der Waals surface area (Å²) in [6, 6.07) is 12.8. The molecule has 0 fully saturated rings. The number of fused-ring (bicyclic) bond motifs is 2. The van der Waals surface area contributed by atoms with Crippen molar-refractivity contribution < 1.29 is 24.0 Å². The number of hydrogen-bond acceptors (Lipinski definition) is 7. The predicted molar refractivity (Wildman–Crippen MR) is 138 cm³/mol. The molecule has 1 aliphatic carbocycles. The number of imide groups is 1. The highest BCUT2D eigenvalue weighted by molar-refractivity contribution is 6.07. The number of ether oxygens (including phenoxy) is 1. The van der Waals surface area contributed by atoms with Gasteiger partial charge in [0.05, 0.1) is 21.7 Å². The van der Waals surface area contributed by atoms with Crippen LogP contribution in [0, 0.1) is 10.1 Å². The molecule has 190 valence electrons. The van der Waals surface area contributed by atoms with E-state index >= 15 is 0 Å². The topological polar surface area (TPSA) is 141 Å². The molecule has 2 aromatic carbocycles. The smallest absolute Gasteiger partial charge is 0.339 e. The summed E-state index contributed by atoms with van der Waals surface area (Å²) in [4.78, 5) is 53.1. The fourth-order valence-corrected chi connectivity index (χ4v) is 4.33. The molecule has 1 atom stereocenters. The van der Waals surface area contributed by atoms with E-state index in [9.17, 15) is 24.5 Å². The van der Waals surface area contributed by atoms with Crippen molar-refractivity contribution >= 4 is 46.1 Å². The number of esters is 1. The van der Waals surface area contributed by atoms with Gasteiger partial charge in [-0.15, -0.1) is 0 Å². The minimum atomic E-state index is -1.21. The average Bonchev–Trinajstić information content (AvgIpc) is 2.87. The van der Waals surface area contributed by atoms with Gasteiger partial charge in [-0.25, -0.2) is 14.6 Å². The molecule has 4 rings (SSSR count). The van der Waals surface area contributed by atoms with Crippen molar-refractivity contribution in [1.29, 1.82) is 0 Å². The summed E-state index contributed by atoms with van der Waals surface area (Å²) >= 11 is 0. The Hall–Kier alpha value is -4.60. The molecule has 3 amide bonds. The second kappa shape index (κ2) is 11.0. The first kappa shape index (κ1) is 25.5. The van der Waals surface area contributed by atoms with Crippen LogP contribution in [0.15, 0.2) is 48.5 Å². The second-order valence-corrected chi connectivity index (χ2v) is 8.60. The Bertz CT molecular complexity index is 1430. The lowest BCUT2D eigenvalue weighted by atomic mass is 9.86. The van der Waals surface area contributed by atoms with Crippen molar-refractivity contribution in [2.45, 2.75) is 39.2 Å². The van der Waals surface area contributed by atoms with Crippen molar-refractivity contribution in [3.8, 4) is 0 Å². The lowest BCUT2D eigenvalue weighted by Gasteiger charge is -2.23. The zero-order valence-electron chi connectivity index (χ0n) is 20.4. The highest BCUT2D eigenvalue weighted by Gasteiger charge is 2.28. The molecule has 0 aliphatic heterocycles. The number of carbonyl (C=O) groups excluding carboxylic acids is 3. The number of nitro benzene ring substituents is 1. The molecule has 0 bridgehead atoms. The first-order chi connectivity index (χ1) is 17.8. The molecular formula is C27H26N4O6. The number of benzene rings is 2. The fraction of sp³-hybridized carbons (Fsp3) is 0.259. The van der Waals surface area contributed by atoms with Crippen LogP contribution in [0.4, 0.5) is 10.5 Å². The molecular weight excluding hydrogens is 476 g/mol. The van der Waals surface area contributed by atoms with Crippen LogP contribution in [0.25, 0.3) is 22.6 Å². The molecule has 1 aliphatic rings. The summed E-state index contributed by atoms with van der Waals surface area (Å²) in [6.45, 7) is 3.46. The maximum Gasteiger partial charge on any atom is 0.339 e. The average molecular weight is 503 g/mol. The number of nitro groups is 1. The highest BCUT2D eigenvalue weighted by Crippen LogP contribution is 2.36. The van der Waals surface area contributed by atoms with E-state index in [0.717, 1.165) is 12.0 Å². The zero-order chi connectivity index (χ0) is 26.5. The first-order valence-electron chi connectivity index (χ1n) is 11.9. The van der Waals surface area contributed by atoms with Crippen molar-refractivity contribution in [2.75, 3.05) is 6.54 Å². The molecule has 0 spiro atoms. The van der Waals surface area contributed by atoms with Crippen molar-refractivity contribution in [2.24, 2.45) is 0 Å². The summed E-state index contributed by atoms with van der Waals surface area (Å²) in [5, 5.41) is 16.4. The number of nitrogens with one attached hydrogen (secondary N) is 2. The number of para-hydroxylation sites is 1. The Labute approximate surface area is 212 Å². The van der Waals surface area contributed by atoms with Crippen LogP contribution in [0.5, 0.6) is 0 Å². The number of urea groups is 1. The number of allylic oxidation sites excluding steroid dienone is 1. The van der Waals surface area contributed by atoms with Crippen LogP contribution >= 0.6 is 0 Å². The Kier molecular flexibility index (Phi) is 7.57. The Morgan fingerprint density at radius 3 is 2.70 bits per heavy atom. The molecule has 1 unspecified atom stereocenters. The SMILES string of the molecule is CCNC(=O)NC(=O)C(C)OC(=O)c1c2c(nc3ccccc13)/C(=C\c1cccc([N+](=O)[O-])c1)CCC2. The molecule has 37 heavy (non-hydrogen) atoms. The Morgan fingerprint density at radius 2 is 1.95 bits per heavy atom. The van der Waals surface area contributed by atoms with E-state index in [4.69, 9.17) is 9.72 Å². The van der Waals surface area contributed by atoms with Crippen LogP contribution < -0.4 is 10.6 Å². The first-order valence-corrected chi connectivity index (χ1v) is 11.9. The maximum atomic E-state index is 13.4. The molecule has 2 N–H and O–H groups in total. The molecule has 10 nitrogen and oxygen atoms in total. The molecule has 1 heterocycles. The van der Waals surface area contributed by atoms with Crippen LogP contribution in [-0.4, -0.2) is 40.5 Å². The molecule has 10 heteroatoms. The third-order valence-electron chi connectivity index (χ3n) is 6.02. The van der Waals surface area contributed by atoms with Gasteiger partial charge in [0.15, 0.2) is 6.10 Å². The lowest BCUT2D eigenvalue weighted by molar-refractivity contribution is -0.384. The maximum absolute atomic E-state index is 13.4. The van der Waals surface area contributed by atoms with Gasteiger partial charge >= 0.3 is 12.0 Å². The number of pyridine rings is 1. The van der Waals surface area contributed by atoms with E-state index in [1.165, 1.54) is 19.1 Å². The summed E-state index contributed by atoms with van der Waals surface area (Å²) in [6.07, 6.45) is 2.64. The van der Waals surface area contributed by atoms with Crippen LogP contribution in [-0.2, 0) is 16.0 Å². The van der Waals surface area contributed by atoms with Crippen LogP contribution in [0.2, 0.25) is 0 Å². The summed E-state index contributed by atoms with van der Waals surface area (Å²) in [5.74, 6) is -1.43. The minimum Gasteiger partial charge on any atom is -0.449 e. The van der Waals surface area contributed by atoms with E-state index in [-0.39, 0.29) is 5.69 Å². The number of amides is 3. The van der Waals surface area contributed by atoms with Gasteiger partial charge in [0.2, 0.25) is 0 Å². The van der Waals surface area contributed by atoms with Crippen molar-refractivity contribution in [3.63, 3.8) is 0 Å². The molecule has 0 saturated carbocycles. The van der Waals surface area contributed by atoms with E-state index in [0.29, 0.717) is 52.7 Å². The largest absolute Gasteiger partial charge is 0.449 e. The van der Waals surface area contributed by atoms with Gasteiger partial charge < -0.3 is 10.1 Å². The van der Waals surface area contributed by atoms with Crippen molar-refractivity contribution in [1.82, 2.24) is 15.6 Å². The summed E-state index contributed by atoms with van der Waals surface area (Å²) < 4.78 is 5.49. The lowest BCUT2D eigenvalue weighted by Crippen LogP contribution is -2.44. The van der Waals surface area contributed by atoms with Crippen LogP contribution in [0.3, 0.4) is 0 Å². The Balaban J connectivity index is 1.73. The highest BCUT2D eigenvalue weighted by atomic mass is 16.6. The number of aromatic nitrogens is 1. The minimum absolute atomic E-state index is 0.0130. The number of hydrogen-bond donors (Lipinski definition) is 2. The molecule has 0 radical (unpaired) electrons. The van der Waals surface area contributed by atoms with Gasteiger partial charge in [-0.05, 0) is 62.0 Å². The monoisotopic (exact) mass is 502 g/mol. The summed E-state index contributed by atoms with van der Waals surface area (Å²) in [7, 11) is 0. The van der Waals surface area contributed by atoms with E-state index in [1.807, 2.05) is 12.1 Å². The van der Waals surface area contributed by atoms with Crippen LogP contribution in [0.1, 0.15) is 53.9 Å². The quantitative estimate of drug-likeness (QED) is 0.289. The zero-order valence-corrected chi connectivity index (χ0v) is 20.4. The van der Waals surface area contributed by atoms with Gasteiger partial charge in [-0.3, -0.25) is 20.2 Å². The predicted octanol–water partition coefficient (Wildman–Crippen LogP) is 4.41. The van der Waals surface area contributed by atoms with E-state index in [2.05, 4.69) is 10.6 Å². The standard InChI is InChI=1S/C27H26N4O6/c1-3-28-27(34)30-25(32)16(2)37-26(33)23-20-11-4-5-13-22(20)29-24-18(9-7-12-21(23)24)14-17-8-6-10-19(15-17)31(35)36/h4-6,8,10-11,13-16H,3,7,9,12H2,1-2H3,(H2,28,30,32,34)/b18-14-. The molecule has 1 aromatic heterocycles. The number of rotatable bonds is 6. The number of non-ortho nitro benzene ring substituents is 1. The number of nitrogens with zero attached hydrogens (tertiary/aromatic N) is 2. The van der Waals surface area contributed by atoms with Gasteiger partial charge in [0.25, 0.3) is 11.6 Å². The third kappa shape index (κ3) is 5.64. The molecule has 3 aromatic rings.